The zero-order valence-electron chi connectivity index (χ0n) is 13.0. The first-order valence-corrected chi connectivity index (χ1v) is 9.51. The van der Waals surface area contributed by atoms with Crippen molar-refractivity contribution in [2.75, 3.05) is 0 Å². The van der Waals surface area contributed by atoms with E-state index in [0.29, 0.717) is 51.4 Å². The van der Waals surface area contributed by atoms with Gasteiger partial charge in [0.15, 0.2) is 0 Å². The van der Waals surface area contributed by atoms with Gasteiger partial charge in [0.2, 0.25) is 0 Å². The van der Waals surface area contributed by atoms with Gasteiger partial charge in [-0.1, -0.05) is 0 Å². The van der Waals surface area contributed by atoms with E-state index in [1.54, 1.807) is 0 Å². The van der Waals surface area contributed by atoms with Crippen LogP contribution in [-0.4, -0.2) is 32.1 Å². The number of hydrogen-bond acceptors (Lipinski definition) is 5. The molecule has 0 atom stereocenters. The van der Waals surface area contributed by atoms with E-state index in [1.165, 1.54) is 0 Å². The lowest BCUT2D eigenvalue weighted by atomic mass is 9.74. The van der Waals surface area contributed by atoms with Crippen LogP contribution in [-0.2, 0) is 14.3 Å². The quantitative estimate of drug-likeness (QED) is 0.594. The maximum atomic E-state index is 12.7. The second-order valence-electron chi connectivity index (χ2n) is 6.81. The molecular weight excluding hydrogens is 333 g/mol. The summed E-state index contributed by atoms with van der Waals surface area (Å²) in [7, 11) is -5.59. The highest BCUT2D eigenvalue weighted by Gasteiger charge is 2.50. The monoisotopic (exact) mass is 358 g/mol. The second kappa shape index (κ2) is 7.25. The lowest BCUT2D eigenvalue weighted by molar-refractivity contribution is -0.0656. The SMILES string of the molecule is NC1CCC(C(OS(=O)(=O)C(F)(F)F)C2CCC(N)CC2)CC1. The molecule has 9 heteroatoms. The summed E-state index contributed by atoms with van der Waals surface area (Å²) >= 11 is 0. The summed E-state index contributed by atoms with van der Waals surface area (Å²) < 4.78 is 65.8. The number of alkyl halides is 3. The van der Waals surface area contributed by atoms with Gasteiger partial charge in [0, 0.05) is 12.1 Å². The average molecular weight is 358 g/mol. The van der Waals surface area contributed by atoms with Gasteiger partial charge < -0.3 is 11.5 Å². The van der Waals surface area contributed by atoms with Crippen LogP contribution >= 0.6 is 0 Å². The van der Waals surface area contributed by atoms with Crippen LogP contribution < -0.4 is 11.5 Å². The predicted molar refractivity (Wildman–Crippen MR) is 79.7 cm³/mol. The fourth-order valence-electron chi connectivity index (χ4n) is 3.69. The number of nitrogens with two attached hydrogens (primary N) is 2. The maximum Gasteiger partial charge on any atom is 0.523 e. The fraction of sp³-hybridized carbons (Fsp3) is 1.00. The molecule has 23 heavy (non-hydrogen) atoms. The van der Waals surface area contributed by atoms with Crippen LogP contribution in [0.3, 0.4) is 0 Å². The number of rotatable bonds is 4. The van der Waals surface area contributed by atoms with Crippen molar-refractivity contribution in [1.29, 1.82) is 0 Å². The summed E-state index contributed by atoms with van der Waals surface area (Å²) in [6, 6.07) is 0.0665. The van der Waals surface area contributed by atoms with Gasteiger partial charge in [0.1, 0.15) is 0 Å². The number of halogens is 3. The summed E-state index contributed by atoms with van der Waals surface area (Å²) in [6.45, 7) is 0. The van der Waals surface area contributed by atoms with Crippen LogP contribution in [0.25, 0.3) is 0 Å². The third-order valence-corrected chi connectivity index (χ3v) is 6.13. The van der Waals surface area contributed by atoms with Crippen molar-refractivity contribution >= 4 is 10.1 Å². The van der Waals surface area contributed by atoms with E-state index in [-0.39, 0.29) is 23.9 Å². The molecule has 2 aliphatic carbocycles. The van der Waals surface area contributed by atoms with E-state index in [2.05, 4.69) is 0 Å². The molecule has 4 N–H and O–H groups in total. The van der Waals surface area contributed by atoms with Crippen molar-refractivity contribution in [3.05, 3.63) is 0 Å². The van der Waals surface area contributed by atoms with Crippen molar-refractivity contribution in [1.82, 2.24) is 0 Å². The minimum absolute atomic E-state index is 0.0332. The molecule has 0 aromatic heterocycles. The van der Waals surface area contributed by atoms with E-state index >= 15 is 0 Å². The van der Waals surface area contributed by atoms with Crippen LogP contribution in [0.2, 0.25) is 0 Å². The van der Waals surface area contributed by atoms with Crippen LogP contribution in [0, 0.1) is 11.8 Å². The normalized spacial score (nSPS) is 35.0. The van der Waals surface area contributed by atoms with Crippen molar-refractivity contribution in [2.24, 2.45) is 23.3 Å². The Morgan fingerprint density at radius 2 is 1.17 bits per heavy atom. The van der Waals surface area contributed by atoms with Gasteiger partial charge in [0.05, 0.1) is 6.10 Å². The fourth-order valence-corrected chi connectivity index (χ4v) is 4.41. The van der Waals surface area contributed by atoms with Gasteiger partial charge in [-0.3, -0.25) is 4.18 Å². The Morgan fingerprint density at radius 1 is 0.826 bits per heavy atom. The zero-order chi connectivity index (χ0) is 17.3. The highest BCUT2D eigenvalue weighted by atomic mass is 32.2. The molecule has 136 valence electrons. The molecule has 5 nitrogen and oxygen atoms in total. The first-order chi connectivity index (χ1) is 10.6. The Bertz CT molecular complexity index is 460. The van der Waals surface area contributed by atoms with Gasteiger partial charge in [-0.15, -0.1) is 0 Å². The van der Waals surface area contributed by atoms with Crippen molar-refractivity contribution in [2.45, 2.75) is 75.1 Å². The zero-order valence-corrected chi connectivity index (χ0v) is 13.8. The average Bonchev–Trinajstić information content (AvgIpc) is 2.46. The third-order valence-electron chi connectivity index (χ3n) is 5.08. The van der Waals surface area contributed by atoms with Gasteiger partial charge in [0.25, 0.3) is 0 Å². The molecule has 0 bridgehead atoms. The Hall–Kier alpha value is -0.380. The van der Waals surface area contributed by atoms with Crippen LogP contribution in [0.1, 0.15) is 51.4 Å². The first-order valence-electron chi connectivity index (χ1n) is 8.11. The minimum atomic E-state index is -5.59. The van der Waals surface area contributed by atoms with Crippen molar-refractivity contribution < 1.29 is 25.8 Å². The Morgan fingerprint density at radius 3 is 1.48 bits per heavy atom. The molecule has 2 saturated carbocycles. The van der Waals surface area contributed by atoms with Crippen molar-refractivity contribution in [3.63, 3.8) is 0 Å². The van der Waals surface area contributed by atoms with Crippen LogP contribution in [0.15, 0.2) is 0 Å². The highest BCUT2D eigenvalue weighted by Crippen LogP contribution is 2.39. The molecule has 0 amide bonds. The van der Waals surface area contributed by atoms with E-state index in [0.717, 1.165) is 0 Å². The van der Waals surface area contributed by atoms with Crippen molar-refractivity contribution in [3.8, 4) is 0 Å². The smallest absolute Gasteiger partial charge is 0.328 e. The predicted octanol–water partition coefficient (Wildman–Crippen LogP) is 2.26. The molecular formula is C14H25F3N2O3S. The van der Waals surface area contributed by atoms with Crippen LogP contribution in [0.5, 0.6) is 0 Å². The molecule has 0 aromatic carbocycles. The van der Waals surface area contributed by atoms with E-state index < -0.39 is 21.7 Å². The lowest BCUT2D eigenvalue weighted by Crippen LogP contribution is -2.43. The van der Waals surface area contributed by atoms with Gasteiger partial charge in [-0.2, -0.15) is 21.6 Å². The molecule has 2 rings (SSSR count). The van der Waals surface area contributed by atoms with E-state index in [4.69, 9.17) is 15.7 Å². The molecule has 0 aliphatic heterocycles. The summed E-state index contributed by atoms with van der Waals surface area (Å²) in [5, 5.41) is 0. The summed E-state index contributed by atoms with van der Waals surface area (Å²) in [4.78, 5) is 0. The molecule has 0 heterocycles. The molecule has 2 aliphatic rings. The molecule has 0 aromatic rings. The maximum absolute atomic E-state index is 12.7. The topological polar surface area (TPSA) is 95.4 Å². The van der Waals surface area contributed by atoms with Gasteiger partial charge in [-0.25, -0.2) is 0 Å². The minimum Gasteiger partial charge on any atom is -0.328 e. The molecule has 0 unspecified atom stereocenters. The lowest BCUT2D eigenvalue weighted by Gasteiger charge is -2.39. The first kappa shape index (κ1) is 19.0. The largest absolute Gasteiger partial charge is 0.523 e. The van der Waals surface area contributed by atoms with E-state index in [1.807, 2.05) is 0 Å². The number of hydrogen-bond donors (Lipinski definition) is 2. The molecule has 0 saturated heterocycles. The Balaban J connectivity index is 2.14. The van der Waals surface area contributed by atoms with Gasteiger partial charge in [-0.05, 0) is 63.2 Å². The van der Waals surface area contributed by atoms with Crippen LogP contribution in [0.4, 0.5) is 13.2 Å². The van der Waals surface area contributed by atoms with Gasteiger partial charge >= 0.3 is 15.6 Å². The standard InChI is InChI=1S/C14H25F3N2O3S/c15-14(16,17)23(20,21)22-13(9-1-5-11(18)6-2-9)10-3-7-12(19)8-4-10/h9-13H,1-8,18-19H2. The molecule has 2 fully saturated rings. The Labute approximate surface area is 135 Å². The highest BCUT2D eigenvalue weighted by molar-refractivity contribution is 7.87. The molecule has 0 radical (unpaired) electrons. The Kier molecular flexibility index (Phi) is 5.97. The van der Waals surface area contributed by atoms with E-state index in [9.17, 15) is 21.6 Å². The summed E-state index contributed by atoms with van der Waals surface area (Å²) in [6.07, 6.45) is 4.20. The second-order valence-corrected chi connectivity index (χ2v) is 8.37. The summed E-state index contributed by atoms with van der Waals surface area (Å²) in [5.74, 6) is -0.405. The summed E-state index contributed by atoms with van der Waals surface area (Å²) in [5.41, 5.74) is 6.28. The molecule has 0 spiro atoms. The third kappa shape index (κ3) is 4.80.